The highest BCUT2D eigenvalue weighted by molar-refractivity contribution is 6.43. The minimum atomic E-state index is -0.600. The summed E-state index contributed by atoms with van der Waals surface area (Å²) < 4.78 is 18.4. The van der Waals surface area contributed by atoms with Crippen molar-refractivity contribution in [3.8, 4) is 0 Å². The van der Waals surface area contributed by atoms with Crippen LogP contribution in [0.5, 0.6) is 0 Å². The van der Waals surface area contributed by atoms with Gasteiger partial charge in [0.1, 0.15) is 19.5 Å². The fourth-order valence-corrected chi connectivity index (χ4v) is 3.82. The van der Waals surface area contributed by atoms with Crippen molar-refractivity contribution in [3.05, 3.63) is 70.5 Å². The molecule has 0 bridgehead atoms. The first-order valence-electron chi connectivity index (χ1n) is 10.0. The topological polar surface area (TPSA) is 69.5 Å². The third-order valence-electron chi connectivity index (χ3n) is 5.82. The van der Waals surface area contributed by atoms with Crippen molar-refractivity contribution in [2.24, 2.45) is 16.2 Å². The molecular formula is C24H27FN2O4. The lowest BCUT2D eigenvalue weighted by atomic mass is 9.93. The molecule has 1 fully saturated rings. The monoisotopic (exact) mass is 426 g/mol. The Balaban J connectivity index is 1.71. The average molecular weight is 426 g/mol. The lowest BCUT2D eigenvalue weighted by Gasteiger charge is -2.13. The Morgan fingerprint density at radius 3 is 2.61 bits per heavy atom. The Morgan fingerprint density at radius 2 is 1.94 bits per heavy atom. The number of carbonyl (C=O) groups is 1. The van der Waals surface area contributed by atoms with Gasteiger partial charge in [-0.25, -0.2) is 9.18 Å². The van der Waals surface area contributed by atoms with E-state index in [4.69, 9.17) is 14.4 Å². The fourth-order valence-electron chi connectivity index (χ4n) is 3.82. The number of oxime groups is 2. The number of carbonyl (C=O) groups excluding carboxylic acids is 1. The molecule has 0 heterocycles. The van der Waals surface area contributed by atoms with Gasteiger partial charge in [0.05, 0.1) is 12.8 Å². The summed E-state index contributed by atoms with van der Waals surface area (Å²) in [5, 5.41) is 8.11. The van der Waals surface area contributed by atoms with Crippen LogP contribution in [0.15, 0.2) is 52.8 Å². The summed E-state index contributed by atoms with van der Waals surface area (Å²) in [4.78, 5) is 22.5. The van der Waals surface area contributed by atoms with E-state index in [-0.39, 0.29) is 29.5 Å². The van der Waals surface area contributed by atoms with Crippen LogP contribution in [0.2, 0.25) is 0 Å². The van der Waals surface area contributed by atoms with Gasteiger partial charge in [-0.1, -0.05) is 53.6 Å². The number of hydrogen-bond acceptors (Lipinski definition) is 6. The molecule has 7 heteroatoms. The zero-order chi connectivity index (χ0) is 22.6. The lowest BCUT2D eigenvalue weighted by Crippen LogP contribution is -2.19. The first-order chi connectivity index (χ1) is 14.8. The highest BCUT2D eigenvalue weighted by Gasteiger charge is 2.53. The van der Waals surface area contributed by atoms with Crippen LogP contribution >= 0.6 is 0 Å². The molecule has 0 radical (unpaired) electrons. The Labute approximate surface area is 181 Å². The first kappa shape index (κ1) is 22.5. The highest BCUT2D eigenvalue weighted by Crippen LogP contribution is 2.54. The van der Waals surface area contributed by atoms with Crippen molar-refractivity contribution in [2.45, 2.75) is 39.2 Å². The van der Waals surface area contributed by atoms with Crippen LogP contribution < -0.4 is 0 Å². The van der Waals surface area contributed by atoms with Gasteiger partial charge in [-0.2, -0.15) is 0 Å². The zero-order valence-corrected chi connectivity index (χ0v) is 18.4. The molecule has 0 N–H and O–H groups in total. The van der Waals surface area contributed by atoms with Gasteiger partial charge in [0.2, 0.25) is 0 Å². The molecule has 164 valence electrons. The summed E-state index contributed by atoms with van der Waals surface area (Å²) in [6.07, 6.45) is 0.931. The summed E-state index contributed by atoms with van der Waals surface area (Å²) in [5.41, 5.74) is 3.90. The van der Waals surface area contributed by atoms with Crippen LogP contribution in [0, 0.1) is 18.7 Å². The number of aryl methyl sites for hydroxylation is 1. The Kier molecular flexibility index (Phi) is 6.73. The van der Waals surface area contributed by atoms with Gasteiger partial charge < -0.3 is 14.4 Å². The molecule has 2 atom stereocenters. The van der Waals surface area contributed by atoms with E-state index >= 15 is 0 Å². The maximum Gasteiger partial charge on any atom is 0.360 e. The van der Waals surface area contributed by atoms with Crippen LogP contribution in [-0.2, 0) is 31.2 Å². The predicted octanol–water partition coefficient (Wildman–Crippen LogP) is 4.53. The molecule has 0 aromatic heterocycles. The molecule has 2 unspecified atom stereocenters. The summed E-state index contributed by atoms with van der Waals surface area (Å²) in [5.74, 6) is -0.564. The number of rotatable bonds is 8. The van der Waals surface area contributed by atoms with E-state index in [0.717, 1.165) is 23.3 Å². The van der Waals surface area contributed by atoms with E-state index < -0.39 is 5.97 Å². The van der Waals surface area contributed by atoms with E-state index in [0.29, 0.717) is 11.1 Å². The largest absolute Gasteiger partial charge is 0.464 e. The van der Waals surface area contributed by atoms with Crippen molar-refractivity contribution in [1.29, 1.82) is 0 Å². The smallest absolute Gasteiger partial charge is 0.360 e. The molecule has 31 heavy (non-hydrogen) atoms. The second-order valence-electron chi connectivity index (χ2n) is 7.92. The lowest BCUT2D eigenvalue weighted by molar-refractivity contribution is -0.132. The van der Waals surface area contributed by atoms with E-state index in [9.17, 15) is 9.18 Å². The second kappa shape index (κ2) is 9.29. The quantitative estimate of drug-likeness (QED) is 0.353. The van der Waals surface area contributed by atoms with Gasteiger partial charge in [-0.3, -0.25) is 0 Å². The Bertz CT molecular complexity index is 1030. The van der Waals surface area contributed by atoms with E-state index in [2.05, 4.69) is 17.2 Å². The van der Waals surface area contributed by atoms with Gasteiger partial charge in [-0.05, 0) is 37.5 Å². The SMILES string of the molecule is CO/N=C(/C(=O)OC)c1ccccc1CO/N=C(\C)C1CC1(C)c1ccc(F)c(C)c1. The van der Waals surface area contributed by atoms with Gasteiger partial charge in [-0.15, -0.1) is 0 Å². The van der Waals surface area contributed by atoms with Crippen LogP contribution in [0.4, 0.5) is 4.39 Å². The summed E-state index contributed by atoms with van der Waals surface area (Å²) in [6, 6.07) is 12.5. The number of benzene rings is 2. The van der Waals surface area contributed by atoms with Crippen molar-refractivity contribution in [3.63, 3.8) is 0 Å². The maximum absolute atomic E-state index is 13.6. The molecule has 1 aliphatic rings. The van der Waals surface area contributed by atoms with Crippen molar-refractivity contribution in [1.82, 2.24) is 0 Å². The van der Waals surface area contributed by atoms with Crippen LogP contribution in [0.25, 0.3) is 0 Å². The van der Waals surface area contributed by atoms with Gasteiger partial charge >= 0.3 is 5.97 Å². The fraction of sp³-hybridized carbons (Fsp3) is 0.375. The van der Waals surface area contributed by atoms with E-state index in [1.54, 1.807) is 19.1 Å². The minimum Gasteiger partial charge on any atom is -0.464 e. The molecule has 0 spiro atoms. The molecule has 2 aromatic rings. The average Bonchev–Trinajstić information content (AvgIpc) is 3.47. The summed E-state index contributed by atoms with van der Waals surface area (Å²) >= 11 is 0. The molecule has 2 aromatic carbocycles. The standard InChI is InChI=1S/C24H27FN2O4/c1-15-12-18(10-11-21(15)25)24(3)13-20(24)16(2)26-31-14-17-8-6-7-9-19(17)22(27-30-5)23(28)29-4/h6-12,20H,13-14H2,1-5H3/b26-16+,27-22+. The van der Waals surface area contributed by atoms with Gasteiger partial charge in [0.15, 0.2) is 5.71 Å². The Hall–Kier alpha value is -3.22. The molecule has 6 nitrogen and oxygen atoms in total. The van der Waals surface area contributed by atoms with Crippen molar-refractivity contribution < 1.29 is 23.6 Å². The van der Waals surface area contributed by atoms with E-state index in [1.807, 2.05) is 31.2 Å². The van der Waals surface area contributed by atoms with Crippen molar-refractivity contribution >= 4 is 17.4 Å². The maximum atomic E-state index is 13.6. The number of hydrogen-bond donors (Lipinski definition) is 0. The van der Waals surface area contributed by atoms with Crippen molar-refractivity contribution in [2.75, 3.05) is 14.2 Å². The number of nitrogens with zero attached hydrogens (tertiary/aromatic N) is 2. The van der Waals surface area contributed by atoms with Crippen LogP contribution in [0.1, 0.15) is 42.5 Å². The van der Waals surface area contributed by atoms with Crippen LogP contribution in [0.3, 0.4) is 0 Å². The first-order valence-corrected chi connectivity index (χ1v) is 10.0. The summed E-state index contributed by atoms with van der Waals surface area (Å²) in [7, 11) is 2.65. The van der Waals surface area contributed by atoms with Gasteiger partial charge in [0, 0.05) is 22.5 Å². The normalized spacial score (nSPS) is 20.9. The Morgan fingerprint density at radius 1 is 1.19 bits per heavy atom. The molecule has 0 amide bonds. The highest BCUT2D eigenvalue weighted by atomic mass is 19.1. The molecular weight excluding hydrogens is 399 g/mol. The number of methoxy groups -OCH3 is 1. The zero-order valence-electron chi connectivity index (χ0n) is 18.4. The molecule has 0 aliphatic heterocycles. The van der Waals surface area contributed by atoms with Crippen LogP contribution in [-0.4, -0.2) is 31.6 Å². The van der Waals surface area contributed by atoms with E-state index in [1.165, 1.54) is 20.3 Å². The molecule has 1 aliphatic carbocycles. The molecule has 0 saturated heterocycles. The van der Waals surface area contributed by atoms with Gasteiger partial charge in [0.25, 0.3) is 0 Å². The number of esters is 1. The number of halogens is 1. The number of ether oxygens (including phenoxy) is 1. The molecule has 3 rings (SSSR count). The minimum absolute atomic E-state index is 0.0614. The predicted molar refractivity (Wildman–Crippen MR) is 116 cm³/mol. The summed E-state index contributed by atoms with van der Waals surface area (Å²) in [6.45, 7) is 6.02. The third-order valence-corrected chi connectivity index (χ3v) is 5.82. The molecule has 1 saturated carbocycles. The third kappa shape index (κ3) is 4.76. The second-order valence-corrected chi connectivity index (χ2v) is 7.92.